The number of hydrogen-bond acceptors (Lipinski definition) is 2. The Bertz CT molecular complexity index is 295. The zero-order valence-electron chi connectivity index (χ0n) is 11.7. The summed E-state index contributed by atoms with van der Waals surface area (Å²) in [5, 5.41) is 0. The Hall–Kier alpha value is -0.570. The first-order chi connectivity index (χ1) is 7.91. The first-order valence-electron chi connectivity index (χ1n) is 6.95. The maximum Gasteiger partial charge on any atom is 0.228 e. The Morgan fingerprint density at radius 3 is 2.53 bits per heavy atom. The summed E-state index contributed by atoms with van der Waals surface area (Å²) in [4.78, 5) is 16.9. The van der Waals surface area contributed by atoms with Crippen LogP contribution in [0.4, 0.5) is 0 Å². The van der Waals surface area contributed by atoms with Gasteiger partial charge in [0.2, 0.25) is 5.91 Å². The van der Waals surface area contributed by atoms with Gasteiger partial charge in [-0.3, -0.25) is 9.69 Å². The highest BCUT2D eigenvalue weighted by atomic mass is 16.2. The minimum atomic E-state index is -0.231. The molecule has 0 aliphatic carbocycles. The van der Waals surface area contributed by atoms with Crippen molar-refractivity contribution in [2.75, 3.05) is 26.2 Å². The molecule has 17 heavy (non-hydrogen) atoms. The monoisotopic (exact) mass is 238 g/mol. The number of carbonyl (C=O) groups excluding carboxylic acids is 1. The molecule has 2 atom stereocenters. The Morgan fingerprint density at radius 1 is 1.24 bits per heavy atom. The van der Waals surface area contributed by atoms with E-state index in [0.29, 0.717) is 11.9 Å². The highest BCUT2D eigenvalue weighted by Gasteiger charge is 2.38. The highest BCUT2D eigenvalue weighted by Crippen LogP contribution is 2.29. The average molecular weight is 238 g/mol. The van der Waals surface area contributed by atoms with E-state index in [2.05, 4.69) is 16.7 Å². The van der Waals surface area contributed by atoms with Crippen molar-refractivity contribution in [1.29, 1.82) is 0 Å². The van der Waals surface area contributed by atoms with E-state index in [1.54, 1.807) is 0 Å². The molecule has 2 heterocycles. The summed E-state index contributed by atoms with van der Waals surface area (Å²) in [5.74, 6) is 1.17. The van der Waals surface area contributed by atoms with Crippen molar-refractivity contribution < 1.29 is 4.79 Å². The summed E-state index contributed by atoms with van der Waals surface area (Å²) in [6, 6.07) is 0.625. The van der Waals surface area contributed by atoms with Crippen molar-refractivity contribution >= 4 is 5.91 Å². The van der Waals surface area contributed by atoms with Crippen LogP contribution < -0.4 is 0 Å². The molecular weight excluding hydrogens is 212 g/mol. The lowest BCUT2D eigenvalue weighted by atomic mass is 9.93. The predicted molar refractivity (Wildman–Crippen MR) is 69.8 cm³/mol. The van der Waals surface area contributed by atoms with E-state index in [1.807, 2.05) is 20.8 Å². The van der Waals surface area contributed by atoms with Gasteiger partial charge in [0.15, 0.2) is 0 Å². The molecule has 0 bridgehead atoms. The van der Waals surface area contributed by atoms with E-state index >= 15 is 0 Å². The van der Waals surface area contributed by atoms with Crippen LogP contribution in [0.25, 0.3) is 0 Å². The van der Waals surface area contributed by atoms with Crippen LogP contribution >= 0.6 is 0 Å². The maximum absolute atomic E-state index is 12.3. The molecule has 0 N–H and O–H groups in total. The van der Waals surface area contributed by atoms with E-state index in [9.17, 15) is 4.79 Å². The van der Waals surface area contributed by atoms with Gasteiger partial charge >= 0.3 is 0 Å². The van der Waals surface area contributed by atoms with Crippen LogP contribution in [-0.2, 0) is 4.79 Å². The van der Waals surface area contributed by atoms with Crippen LogP contribution in [0.5, 0.6) is 0 Å². The van der Waals surface area contributed by atoms with Gasteiger partial charge in [-0.15, -0.1) is 0 Å². The van der Waals surface area contributed by atoms with Gasteiger partial charge in [-0.25, -0.2) is 0 Å². The molecule has 2 rings (SSSR count). The van der Waals surface area contributed by atoms with Gasteiger partial charge in [0.25, 0.3) is 0 Å². The topological polar surface area (TPSA) is 23.6 Å². The van der Waals surface area contributed by atoms with E-state index < -0.39 is 0 Å². The van der Waals surface area contributed by atoms with Gasteiger partial charge in [-0.1, -0.05) is 34.1 Å². The van der Waals surface area contributed by atoms with Gasteiger partial charge in [0.05, 0.1) is 0 Å². The van der Waals surface area contributed by atoms with Crippen LogP contribution in [0, 0.1) is 11.3 Å². The summed E-state index contributed by atoms with van der Waals surface area (Å²) < 4.78 is 0. The van der Waals surface area contributed by atoms with Crippen molar-refractivity contribution in [3.05, 3.63) is 0 Å². The van der Waals surface area contributed by atoms with Crippen LogP contribution in [0.2, 0.25) is 0 Å². The average Bonchev–Trinajstić information content (AvgIpc) is 2.68. The lowest BCUT2D eigenvalue weighted by Gasteiger charge is -2.40. The minimum Gasteiger partial charge on any atom is -0.339 e. The second-order valence-corrected chi connectivity index (χ2v) is 6.66. The Labute approximate surface area is 105 Å². The zero-order chi connectivity index (χ0) is 12.6. The molecule has 2 aliphatic heterocycles. The van der Waals surface area contributed by atoms with Gasteiger partial charge in [0.1, 0.15) is 0 Å². The van der Waals surface area contributed by atoms with Crippen molar-refractivity contribution in [2.24, 2.45) is 11.3 Å². The standard InChI is InChI=1S/C14H26N2O/c1-5-11-8-12-10-16(7-6-15(12)9-11)13(17)14(2,3)4/h11-12H,5-10H2,1-4H3. The summed E-state index contributed by atoms with van der Waals surface area (Å²) in [7, 11) is 0. The first-order valence-corrected chi connectivity index (χ1v) is 6.95. The Balaban J connectivity index is 1.97. The molecule has 1 amide bonds. The smallest absolute Gasteiger partial charge is 0.228 e. The van der Waals surface area contributed by atoms with Gasteiger partial charge in [-0.05, 0) is 12.3 Å². The van der Waals surface area contributed by atoms with Crippen LogP contribution in [-0.4, -0.2) is 47.9 Å². The molecule has 0 spiro atoms. The normalized spacial score (nSPS) is 30.5. The number of carbonyl (C=O) groups is 1. The summed E-state index contributed by atoms with van der Waals surface area (Å²) in [6.07, 6.45) is 2.56. The Kier molecular flexibility index (Phi) is 3.48. The molecule has 0 aromatic heterocycles. The summed E-state index contributed by atoms with van der Waals surface area (Å²) in [6.45, 7) is 12.5. The van der Waals surface area contributed by atoms with Crippen molar-refractivity contribution in [1.82, 2.24) is 9.80 Å². The van der Waals surface area contributed by atoms with Crippen LogP contribution in [0.15, 0.2) is 0 Å². The molecular formula is C14H26N2O. The second-order valence-electron chi connectivity index (χ2n) is 6.66. The zero-order valence-corrected chi connectivity index (χ0v) is 11.7. The molecule has 98 valence electrons. The fourth-order valence-electron chi connectivity index (χ4n) is 3.10. The minimum absolute atomic E-state index is 0.231. The number of piperazine rings is 1. The molecule has 2 saturated heterocycles. The molecule has 2 aliphatic rings. The molecule has 2 unspecified atom stereocenters. The third kappa shape index (κ3) is 2.65. The molecule has 2 fully saturated rings. The Morgan fingerprint density at radius 2 is 1.94 bits per heavy atom. The first kappa shape index (κ1) is 12.9. The number of amides is 1. The fourth-order valence-corrected chi connectivity index (χ4v) is 3.10. The van der Waals surface area contributed by atoms with Gasteiger partial charge in [-0.2, -0.15) is 0 Å². The third-order valence-corrected chi connectivity index (χ3v) is 4.21. The van der Waals surface area contributed by atoms with Crippen molar-refractivity contribution in [3.8, 4) is 0 Å². The number of fused-ring (bicyclic) bond motifs is 1. The molecule has 0 saturated carbocycles. The third-order valence-electron chi connectivity index (χ3n) is 4.21. The van der Waals surface area contributed by atoms with Gasteiger partial charge in [0, 0.05) is 37.6 Å². The van der Waals surface area contributed by atoms with Crippen LogP contribution in [0.3, 0.4) is 0 Å². The SMILES string of the molecule is CCC1CC2CN(C(=O)C(C)(C)C)CCN2C1. The van der Waals surface area contributed by atoms with E-state index in [1.165, 1.54) is 19.4 Å². The lowest BCUT2D eigenvalue weighted by molar-refractivity contribution is -0.142. The molecule has 3 heteroatoms. The summed E-state index contributed by atoms with van der Waals surface area (Å²) >= 11 is 0. The van der Waals surface area contributed by atoms with E-state index in [-0.39, 0.29) is 5.41 Å². The van der Waals surface area contributed by atoms with Crippen LogP contribution in [0.1, 0.15) is 40.5 Å². The second kappa shape index (κ2) is 4.60. The number of nitrogens with zero attached hydrogens (tertiary/aromatic N) is 2. The highest BCUT2D eigenvalue weighted by molar-refractivity contribution is 5.81. The molecule has 3 nitrogen and oxygen atoms in total. The molecule has 0 aromatic carbocycles. The quantitative estimate of drug-likeness (QED) is 0.697. The van der Waals surface area contributed by atoms with Gasteiger partial charge < -0.3 is 4.90 Å². The van der Waals surface area contributed by atoms with Crippen molar-refractivity contribution in [2.45, 2.75) is 46.6 Å². The summed E-state index contributed by atoms with van der Waals surface area (Å²) in [5.41, 5.74) is -0.231. The maximum atomic E-state index is 12.3. The predicted octanol–water partition coefficient (Wildman–Crippen LogP) is 1.98. The number of rotatable bonds is 1. The largest absolute Gasteiger partial charge is 0.339 e. The fraction of sp³-hybridized carbons (Fsp3) is 0.929. The lowest BCUT2D eigenvalue weighted by Crippen LogP contribution is -2.54. The van der Waals surface area contributed by atoms with E-state index in [0.717, 1.165) is 25.6 Å². The molecule has 0 aromatic rings. The van der Waals surface area contributed by atoms with E-state index in [4.69, 9.17) is 0 Å². The van der Waals surface area contributed by atoms with Crippen molar-refractivity contribution in [3.63, 3.8) is 0 Å². The number of hydrogen-bond donors (Lipinski definition) is 0. The molecule has 0 radical (unpaired) electrons.